The highest BCUT2D eigenvalue weighted by molar-refractivity contribution is 5.70. The molecule has 0 N–H and O–H groups in total. The summed E-state index contributed by atoms with van der Waals surface area (Å²) in [4.78, 5) is 12.0. The molecule has 0 unspecified atom stereocenters. The first kappa shape index (κ1) is 32.1. The van der Waals surface area contributed by atoms with Crippen molar-refractivity contribution in [1.82, 2.24) is 0 Å². The number of hydrogen-bond acceptors (Lipinski definition) is 8. The first-order valence-corrected chi connectivity index (χ1v) is 12.2. The van der Waals surface area contributed by atoms with Crippen LogP contribution in [0.15, 0.2) is 48.5 Å². The van der Waals surface area contributed by atoms with Gasteiger partial charge in [-0.3, -0.25) is 0 Å². The van der Waals surface area contributed by atoms with Gasteiger partial charge in [-0.25, -0.2) is 4.79 Å². The molecule has 1 aliphatic heterocycles. The second-order valence-electron chi connectivity index (χ2n) is 8.51. The van der Waals surface area contributed by atoms with Gasteiger partial charge in [0.25, 0.3) is 0 Å². The molecule has 2 aromatic rings. The molecule has 15 heteroatoms. The van der Waals surface area contributed by atoms with Gasteiger partial charge in [0.2, 0.25) is 5.60 Å². The number of esters is 1. The lowest BCUT2D eigenvalue weighted by atomic mass is 9.90. The van der Waals surface area contributed by atoms with E-state index in [1.807, 2.05) is 0 Å². The first-order chi connectivity index (χ1) is 19.3. The Morgan fingerprint density at radius 1 is 0.756 bits per heavy atom. The summed E-state index contributed by atoms with van der Waals surface area (Å²) < 4.78 is 137. The minimum atomic E-state index is -6.73. The Morgan fingerprint density at radius 2 is 1.20 bits per heavy atom. The predicted molar refractivity (Wildman–Crippen MR) is 127 cm³/mol. The molecule has 0 atom stereocenters. The summed E-state index contributed by atoms with van der Waals surface area (Å²) in [6, 6.07) is 10.8. The van der Waals surface area contributed by atoms with Crippen molar-refractivity contribution >= 4 is 5.97 Å². The third-order valence-corrected chi connectivity index (χ3v) is 5.68. The molecule has 0 bridgehead atoms. The van der Waals surface area contributed by atoms with Crippen LogP contribution >= 0.6 is 0 Å². The Kier molecular flexibility index (Phi) is 10.5. The highest BCUT2D eigenvalue weighted by Crippen LogP contribution is 2.53. The van der Waals surface area contributed by atoms with E-state index in [1.165, 1.54) is 55.5 Å². The van der Waals surface area contributed by atoms with Gasteiger partial charge in [-0.2, -0.15) is 30.7 Å². The van der Waals surface area contributed by atoms with Gasteiger partial charge in [-0.1, -0.05) is 24.3 Å². The minimum absolute atomic E-state index is 0.0539. The van der Waals surface area contributed by atoms with Crippen molar-refractivity contribution in [2.45, 2.75) is 30.5 Å². The van der Waals surface area contributed by atoms with Gasteiger partial charge in [0.05, 0.1) is 19.8 Å². The standard InChI is InChI=1S/C26H27F7O8/c1-2-36-22(34)15-41-23(24(27,28)25(29,30)26(31,32)33)16-39-20-9-5-3-7-18(20)37-13-11-35-12-14-38-19-8-4-6-10-21(19)40-17-23/h3-10H,2,11-17H2,1H3. The highest BCUT2D eigenvalue weighted by Gasteiger charge is 2.81. The maximum Gasteiger partial charge on any atom is 0.459 e. The Bertz CT molecular complexity index is 1090. The van der Waals surface area contributed by atoms with Gasteiger partial charge in [-0.15, -0.1) is 0 Å². The third-order valence-electron chi connectivity index (χ3n) is 5.68. The molecule has 0 saturated carbocycles. The van der Waals surface area contributed by atoms with Crippen molar-refractivity contribution in [3.8, 4) is 23.0 Å². The van der Waals surface area contributed by atoms with Crippen LogP contribution in [0.25, 0.3) is 0 Å². The number of ether oxygens (including phenoxy) is 7. The zero-order valence-electron chi connectivity index (χ0n) is 21.7. The van der Waals surface area contributed by atoms with Gasteiger partial charge >= 0.3 is 24.0 Å². The van der Waals surface area contributed by atoms with Crippen molar-refractivity contribution in [1.29, 1.82) is 0 Å². The molecule has 1 aliphatic rings. The molecule has 8 nitrogen and oxygen atoms in total. The maximum absolute atomic E-state index is 15.6. The Hall–Kier alpha value is -3.46. The summed E-state index contributed by atoms with van der Waals surface area (Å²) >= 11 is 0. The molecule has 41 heavy (non-hydrogen) atoms. The molecule has 1 heterocycles. The summed E-state index contributed by atoms with van der Waals surface area (Å²) in [5.74, 6) is -14.7. The number of carbonyl (C=O) groups is 1. The molecule has 3 rings (SSSR count). The van der Waals surface area contributed by atoms with Gasteiger partial charge in [0, 0.05) is 0 Å². The average Bonchev–Trinajstić information content (AvgIpc) is 2.92. The van der Waals surface area contributed by atoms with Gasteiger partial charge in [0.1, 0.15) is 33.0 Å². The van der Waals surface area contributed by atoms with Crippen LogP contribution in [0.3, 0.4) is 0 Å². The van der Waals surface area contributed by atoms with Crippen LogP contribution in [-0.2, 0) is 19.0 Å². The highest BCUT2D eigenvalue weighted by atomic mass is 19.4. The van der Waals surface area contributed by atoms with Gasteiger partial charge in [-0.05, 0) is 31.2 Å². The van der Waals surface area contributed by atoms with Crippen LogP contribution < -0.4 is 18.9 Å². The SMILES string of the molecule is CCOC(=O)COC1(C(F)(F)C(F)(F)C(F)(F)F)COc2ccccc2OCCOCCOc2ccccc2OC1. The van der Waals surface area contributed by atoms with E-state index in [0.717, 1.165) is 0 Å². The van der Waals surface area contributed by atoms with Crippen molar-refractivity contribution in [3.63, 3.8) is 0 Å². The predicted octanol–water partition coefficient (Wildman–Crippen LogP) is 5.08. The van der Waals surface area contributed by atoms with Crippen LogP contribution in [0.4, 0.5) is 30.7 Å². The van der Waals surface area contributed by atoms with E-state index in [-0.39, 0.29) is 56.0 Å². The first-order valence-electron chi connectivity index (χ1n) is 12.2. The lowest BCUT2D eigenvalue weighted by Gasteiger charge is -2.42. The number of para-hydroxylation sites is 4. The molecule has 0 amide bonds. The van der Waals surface area contributed by atoms with E-state index < -0.39 is 49.4 Å². The third kappa shape index (κ3) is 7.44. The summed E-state index contributed by atoms with van der Waals surface area (Å²) in [5.41, 5.74) is -3.92. The monoisotopic (exact) mass is 600 g/mol. The summed E-state index contributed by atoms with van der Waals surface area (Å²) in [5, 5.41) is 0. The minimum Gasteiger partial charge on any atom is -0.487 e. The maximum atomic E-state index is 15.6. The van der Waals surface area contributed by atoms with E-state index in [9.17, 15) is 26.7 Å². The van der Waals surface area contributed by atoms with Crippen LogP contribution in [0.5, 0.6) is 23.0 Å². The van der Waals surface area contributed by atoms with Crippen LogP contribution in [0, 0.1) is 0 Å². The van der Waals surface area contributed by atoms with Gasteiger partial charge in [0.15, 0.2) is 23.0 Å². The number of fused-ring (bicyclic) bond motifs is 2. The topological polar surface area (TPSA) is 81.7 Å². The summed E-state index contributed by atoms with van der Waals surface area (Å²) in [6.45, 7) is -3.64. The van der Waals surface area contributed by atoms with Crippen molar-refractivity contribution in [2.75, 3.05) is 52.9 Å². The summed E-state index contributed by atoms with van der Waals surface area (Å²) in [7, 11) is 0. The fraction of sp³-hybridized carbons (Fsp3) is 0.500. The van der Waals surface area contributed by atoms with E-state index in [4.69, 9.17) is 28.4 Å². The molecular weight excluding hydrogens is 573 g/mol. The van der Waals surface area contributed by atoms with E-state index in [2.05, 4.69) is 4.74 Å². The number of hydrogen-bond donors (Lipinski definition) is 0. The zero-order chi connectivity index (χ0) is 30.2. The lowest BCUT2D eigenvalue weighted by molar-refractivity contribution is -0.396. The van der Waals surface area contributed by atoms with E-state index in [1.54, 1.807) is 0 Å². The number of carbonyl (C=O) groups excluding carboxylic acids is 1. The number of halogens is 7. The van der Waals surface area contributed by atoms with Crippen molar-refractivity contribution < 1.29 is 68.7 Å². The smallest absolute Gasteiger partial charge is 0.459 e. The zero-order valence-corrected chi connectivity index (χ0v) is 21.7. The second kappa shape index (κ2) is 13.5. The van der Waals surface area contributed by atoms with Gasteiger partial charge < -0.3 is 33.2 Å². The van der Waals surface area contributed by atoms with E-state index >= 15 is 8.78 Å². The fourth-order valence-electron chi connectivity index (χ4n) is 3.55. The van der Waals surface area contributed by atoms with Crippen LogP contribution in [-0.4, -0.2) is 82.4 Å². The van der Waals surface area contributed by atoms with Crippen molar-refractivity contribution in [3.05, 3.63) is 48.5 Å². The molecule has 0 aromatic heterocycles. The molecule has 0 saturated heterocycles. The number of rotatable bonds is 6. The molecule has 0 spiro atoms. The second-order valence-corrected chi connectivity index (χ2v) is 8.51. The molecule has 0 radical (unpaired) electrons. The quantitative estimate of drug-likeness (QED) is 0.336. The Labute approximate surface area is 230 Å². The summed E-state index contributed by atoms with van der Waals surface area (Å²) in [6.07, 6.45) is -6.73. The Morgan fingerprint density at radius 3 is 1.61 bits per heavy atom. The number of benzene rings is 2. The molecule has 228 valence electrons. The van der Waals surface area contributed by atoms with Crippen LogP contribution in [0.2, 0.25) is 0 Å². The number of alkyl halides is 7. The molecule has 0 fully saturated rings. The van der Waals surface area contributed by atoms with E-state index in [0.29, 0.717) is 0 Å². The molecule has 2 aromatic carbocycles. The molecular formula is C26H27F7O8. The Balaban J connectivity index is 2.14. The molecule has 0 aliphatic carbocycles. The normalized spacial score (nSPS) is 17.0. The average molecular weight is 600 g/mol. The van der Waals surface area contributed by atoms with Crippen molar-refractivity contribution in [2.24, 2.45) is 0 Å². The lowest BCUT2D eigenvalue weighted by Crippen LogP contribution is -2.69. The largest absolute Gasteiger partial charge is 0.487 e. The van der Waals surface area contributed by atoms with Crippen LogP contribution in [0.1, 0.15) is 6.92 Å². The fourth-order valence-corrected chi connectivity index (χ4v) is 3.55.